The van der Waals surface area contributed by atoms with Gasteiger partial charge in [0.15, 0.2) is 0 Å². The van der Waals surface area contributed by atoms with E-state index in [2.05, 4.69) is 6.92 Å². The fraction of sp³-hybridized carbons (Fsp3) is 0.750. The van der Waals surface area contributed by atoms with E-state index in [1.54, 1.807) is 0 Å². The zero-order chi connectivity index (χ0) is 7.98. The van der Waals surface area contributed by atoms with E-state index < -0.39 is 0 Å². The van der Waals surface area contributed by atoms with Crippen molar-refractivity contribution in [1.82, 2.24) is 0 Å². The lowest BCUT2D eigenvalue weighted by molar-refractivity contribution is -0.122. The van der Waals surface area contributed by atoms with E-state index in [1.807, 2.05) is 13.8 Å². The maximum Gasteiger partial charge on any atom is 0.137 e. The highest BCUT2D eigenvalue weighted by Crippen LogP contribution is 1.98. The van der Waals surface area contributed by atoms with E-state index in [9.17, 15) is 4.79 Å². The first-order valence-electron chi connectivity index (χ1n) is 3.58. The van der Waals surface area contributed by atoms with Crippen LogP contribution in [0.15, 0.2) is 0 Å². The molecule has 0 aromatic rings. The summed E-state index contributed by atoms with van der Waals surface area (Å²) in [6.07, 6.45) is 0.521. The monoisotopic (exact) mass is 143 g/mol. The Morgan fingerprint density at radius 2 is 2.20 bits per heavy atom. The highest BCUT2D eigenvalue weighted by molar-refractivity contribution is 5.80. The summed E-state index contributed by atoms with van der Waals surface area (Å²) in [7, 11) is 0. The molecule has 0 amide bonds. The van der Waals surface area contributed by atoms with Gasteiger partial charge in [-0.1, -0.05) is 13.8 Å². The van der Waals surface area contributed by atoms with Crippen molar-refractivity contribution >= 4 is 5.78 Å². The van der Waals surface area contributed by atoms with Gasteiger partial charge in [0.2, 0.25) is 0 Å². The van der Waals surface area contributed by atoms with Crippen molar-refractivity contribution in [3.05, 3.63) is 6.92 Å². The lowest BCUT2D eigenvalue weighted by Crippen LogP contribution is -2.10. The summed E-state index contributed by atoms with van der Waals surface area (Å²) in [5, 5.41) is 0. The van der Waals surface area contributed by atoms with Gasteiger partial charge in [-0.05, 0) is 6.92 Å². The van der Waals surface area contributed by atoms with Gasteiger partial charge in [0.05, 0.1) is 6.61 Å². The number of Topliss-reactive ketones (excluding diaryl/α,β-unsaturated/α-hetero) is 1. The Morgan fingerprint density at radius 1 is 1.60 bits per heavy atom. The van der Waals surface area contributed by atoms with Crippen molar-refractivity contribution in [3.8, 4) is 0 Å². The molecule has 0 fully saturated rings. The van der Waals surface area contributed by atoms with E-state index in [0.717, 1.165) is 0 Å². The first-order chi connectivity index (χ1) is 4.68. The van der Waals surface area contributed by atoms with Gasteiger partial charge in [0.25, 0.3) is 0 Å². The lowest BCUT2D eigenvalue weighted by Gasteiger charge is -2.02. The number of carbonyl (C=O) groups is 1. The van der Waals surface area contributed by atoms with Crippen LogP contribution in [0.25, 0.3) is 0 Å². The molecule has 59 valence electrons. The van der Waals surface area contributed by atoms with Crippen LogP contribution in [-0.4, -0.2) is 19.0 Å². The number of hydrogen-bond acceptors (Lipinski definition) is 2. The number of ether oxygens (including phenoxy) is 1. The summed E-state index contributed by atoms with van der Waals surface area (Å²) in [6, 6.07) is 0. The molecule has 0 atom stereocenters. The minimum absolute atomic E-state index is 0.133. The number of carbonyl (C=O) groups excluding carboxylic acids is 1. The molecule has 0 N–H and O–H groups in total. The van der Waals surface area contributed by atoms with E-state index in [1.165, 1.54) is 0 Å². The molecule has 0 aromatic heterocycles. The first-order valence-corrected chi connectivity index (χ1v) is 3.58. The summed E-state index contributed by atoms with van der Waals surface area (Å²) in [5.74, 6) is 0.391. The van der Waals surface area contributed by atoms with Crippen molar-refractivity contribution in [2.75, 3.05) is 13.2 Å². The molecule has 0 rings (SSSR count). The molecule has 0 aliphatic heterocycles. The predicted octanol–water partition coefficient (Wildman–Crippen LogP) is 1.45. The van der Waals surface area contributed by atoms with Crippen molar-refractivity contribution in [1.29, 1.82) is 0 Å². The van der Waals surface area contributed by atoms with E-state index in [4.69, 9.17) is 4.74 Å². The van der Waals surface area contributed by atoms with Crippen molar-refractivity contribution in [3.63, 3.8) is 0 Å². The van der Waals surface area contributed by atoms with Gasteiger partial charge in [-0.25, -0.2) is 0 Å². The molecule has 0 spiro atoms. The lowest BCUT2D eigenvalue weighted by atomic mass is 10.1. The Hall–Kier alpha value is -0.370. The Morgan fingerprint density at radius 3 is 2.60 bits per heavy atom. The average Bonchev–Trinajstić information content (AvgIpc) is 1.88. The molecule has 0 aliphatic rings. The molecule has 2 nitrogen and oxygen atoms in total. The van der Waals surface area contributed by atoms with Crippen molar-refractivity contribution in [2.24, 2.45) is 5.92 Å². The standard InChI is InChI=1S/C8H15O2/c1-4-10-6-5-8(9)7(2)3/h7H,1,4-6H2,2-3H3. The fourth-order valence-corrected chi connectivity index (χ4v) is 0.563. The third-order valence-electron chi connectivity index (χ3n) is 1.28. The molecule has 0 saturated heterocycles. The Labute approximate surface area is 62.6 Å². The third kappa shape index (κ3) is 4.50. The zero-order valence-electron chi connectivity index (χ0n) is 6.72. The maximum absolute atomic E-state index is 10.9. The normalized spacial score (nSPS) is 10.4. The Bertz CT molecular complexity index is 97.4. The molecule has 0 saturated carbocycles. The summed E-state index contributed by atoms with van der Waals surface area (Å²) < 4.78 is 4.92. The van der Waals surface area contributed by atoms with Gasteiger partial charge in [-0.15, -0.1) is 0 Å². The second-order valence-corrected chi connectivity index (χ2v) is 2.48. The number of hydrogen-bond donors (Lipinski definition) is 0. The minimum Gasteiger partial charge on any atom is -0.381 e. The molecule has 0 aliphatic carbocycles. The molecule has 0 heterocycles. The molecule has 0 aromatic carbocycles. The number of ketones is 1. The second-order valence-electron chi connectivity index (χ2n) is 2.48. The van der Waals surface area contributed by atoms with Gasteiger partial charge in [0, 0.05) is 18.9 Å². The summed E-state index contributed by atoms with van der Waals surface area (Å²) in [5.41, 5.74) is 0. The molecule has 1 radical (unpaired) electrons. The van der Waals surface area contributed by atoms with Gasteiger partial charge < -0.3 is 4.74 Å². The van der Waals surface area contributed by atoms with Crippen molar-refractivity contribution < 1.29 is 9.53 Å². The molecule has 0 unspecified atom stereocenters. The van der Waals surface area contributed by atoms with E-state index >= 15 is 0 Å². The van der Waals surface area contributed by atoms with Gasteiger partial charge in [0.1, 0.15) is 5.78 Å². The first kappa shape index (κ1) is 9.63. The largest absolute Gasteiger partial charge is 0.381 e. The van der Waals surface area contributed by atoms with Crippen LogP contribution in [0.1, 0.15) is 20.3 Å². The summed E-state index contributed by atoms with van der Waals surface area (Å²) in [4.78, 5) is 10.9. The molecule has 10 heavy (non-hydrogen) atoms. The second kappa shape index (κ2) is 5.42. The van der Waals surface area contributed by atoms with Crippen molar-refractivity contribution in [2.45, 2.75) is 20.3 Å². The molecular formula is C8H15O2. The average molecular weight is 143 g/mol. The topological polar surface area (TPSA) is 26.3 Å². The van der Waals surface area contributed by atoms with Crippen LogP contribution >= 0.6 is 0 Å². The van der Waals surface area contributed by atoms with Gasteiger partial charge in [-0.3, -0.25) is 4.79 Å². The highest BCUT2D eigenvalue weighted by atomic mass is 16.5. The highest BCUT2D eigenvalue weighted by Gasteiger charge is 2.05. The van der Waals surface area contributed by atoms with Gasteiger partial charge >= 0.3 is 0 Å². The zero-order valence-corrected chi connectivity index (χ0v) is 6.72. The minimum atomic E-state index is 0.133. The smallest absolute Gasteiger partial charge is 0.137 e. The Kier molecular flexibility index (Phi) is 5.22. The van der Waals surface area contributed by atoms with Crippen LogP contribution < -0.4 is 0 Å². The van der Waals surface area contributed by atoms with Gasteiger partial charge in [-0.2, -0.15) is 0 Å². The quantitative estimate of drug-likeness (QED) is 0.544. The third-order valence-corrected chi connectivity index (χ3v) is 1.28. The fourth-order valence-electron chi connectivity index (χ4n) is 0.563. The maximum atomic E-state index is 10.9. The van der Waals surface area contributed by atoms with E-state index in [-0.39, 0.29) is 11.7 Å². The summed E-state index contributed by atoms with van der Waals surface area (Å²) >= 11 is 0. The Balaban J connectivity index is 3.22. The molecular weight excluding hydrogens is 128 g/mol. The summed E-state index contributed by atoms with van der Waals surface area (Å²) in [6.45, 7) is 8.25. The molecule has 0 bridgehead atoms. The SMILES string of the molecule is [CH2]COCCC(=O)C(C)C. The van der Waals surface area contributed by atoms with Crippen LogP contribution in [0.2, 0.25) is 0 Å². The molecule has 2 heteroatoms. The van der Waals surface area contributed by atoms with Crippen LogP contribution in [0.3, 0.4) is 0 Å². The number of rotatable bonds is 5. The van der Waals surface area contributed by atoms with Crippen LogP contribution in [-0.2, 0) is 9.53 Å². The van der Waals surface area contributed by atoms with Crippen LogP contribution in [0, 0.1) is 12.8 Å². The van der Waals surface area contributed by atoms with E-state index in [0.29, 0.717) is 19.6 Å². The van der Waals surface area contributed by atoms with Crippen LogP contribution in [0.4, 0.5) is 0 Å². The predicted molar refractivity (Wildman–Crippen MR) is 40.6 cm³/mol. The van der Waals surface area contributed by atoms with Crippen LogP contribution in [0.5, 0.6) is 0 Å².